The van der Waals surface area contributed by atoms with Gasteiger partial charge < -0.3 is 32.3 Å². The van der Waals surface area contributed by atoms with E-state index in [0.717, 1.165) is 28.0 Å². The molecule has 3 rings (SSSR count). The second-order valence-corrected chi connectivity index (χ2v) is 12.0. The number of aliphatic hydroxyl groups is 1. The number of pyridine rings is 1. The highest BCUT2D eigenvalue weighted by Gasteiger charge is 2.46. The second-order valence-electron chi connectivity index (χ2n) is 9.63. The summed E-state index contributed by atoms with van der Waals surface area (Å²) < 4.78 is 66.2. The number of esters is 1. The highest BCUT2D eigenvalue weighted by Crippen LogP contribution is 2.33. The number of nitrogens with zero attached hydrogens (tertiary/aromatic N) is 5. The Morgan fingerprint density at radius 3 is 2.55 bits per heavy atom. The maximum Gasteiger partial charge on any atom is 0.418 e. The zero-order chi connectivity index (χ0) is 31.2. The van der Waals surface area contributed by atoms with Crippen molar-refractivity contribution in [3.8, 4) is 0 Å². The van der Waals surface area contributed by atoms with E-state index >= 15 is 0 Å². The molecule has 0 spiro atoms. The van der Waals surface area contributed by atoms with Crippen molar-refractivity contribution in [1.29, 1.82) is 0 Å². The number of rotatable bonds is 12. The first-order valence-electron chi connectivity index (χ1n) is 12.7. The Morgan fingerprint density at radius 1 is 1.25 bits per heavy atom. The number of aromatic nitrogens is 4. The summed E-state index contributed by atoms with van der Waals surface area (Å²) >= 11 is 0. The molecule has 0 saturated carbocycles. The molecule has 0 saturated heterocycles. The van der Waals surface area contributed by atoms with Gasteiger partial charge in [-0.05, 0) is 26.1 Å². The normalized spacial score (nSPS) is 13.8. The number of benzene rings is 1. The quantitative estimate of drug-likeness (QED) is 0.173. The van der Waals surface area contributed by atoms with Crippen molar-refractivity contribution >= 4 is 40.1 Å². The van der Waals surface area contributed by atoms with Gasteiger partial charge in [-0.1, -0.05) is 12.1 Å². The van der Waals surface area contributed by atoms with Crippen LogP contribution in [0.15, 0.2) is 49.2 Å². The minimum atomic E-state index is -3.90. The minimum Gasteiger partial charge on any atom is -1.00 e. The van der Waals surface area contributed by atoms with Gasteiger partial charge in [0, 0.05) is 48.7 Å². The van der Waals surface area contributed by atoms with E-state index in [-0.39, 0.29) is 43.8 Å². The molecule has 3 aromatic rings. The smallest absolute Gasteiger partial charge is 0.418 e. The van der Waals surface area contributed by atoms with E-state index < -0.39 is 62.7 Å². The van der Waals surface area contributed by atoms with Crippen LogP contribution in [0.3, 0.4) is 0 Å². The van der Waals surface area contributed by atoms with E-state index in [1.165, 1.54) is 44.3 Å². The SMILES string of the molecule is CNCC(=O)OCc1cccnc1N(C)C(=O)OC(C)[n+]1cnn(CC(O)(c2ccc(F)cc2F)C(C)S(C)(=O)=O)c1.Cl.[Cl-]. The third-order valence-electron chi connectivity index (χ3n) is 6.58. The van der Waals surface area contributed by atoms with E-state index in [9.17, 15) is 31.9 Å². The minimum absolute atomic E-state index is 0. The number of ether oxygens (including phenoxy) is 2. The van der Waals surface area contributed by atoms with Crippen molar-refractivity contribution in [2.24, 2.45) is 0 Å². The Bertz CT molecular complexity index is 1550. The molecule has 1 aromatic carbocycles. The maximum absolute atomic E-state index is 14.7. The van der Waals surface area contributed by atoms with Crippen LogP contribution in [0.1, 0.15) is 31.2 Å². The summed E-state index contributed by atoms with van der Waals surface area (Å²) in [6.07, 6.45) is 3.19. The van der Waals surface area contributed by atoms with Gasteiger partial charge in [-0.15, -0.1) is 17.1 Å². The fraction of sp³-hybridized carbons (Fsp3) is 0.423. The fourth-order valence-electron chi connectivity index (χ4n) is 4.05. The van der Waals surface area contributed by atoms with Crippen LogP contribution in [0, 0.1) is 11.6 Å². The van der Waals surface area contributed by atoms with Gasteiger partial charge in [0.1, 0.15) is 36.2 Å². The summed E-state index contributed by atoms with van der Waals surface area (Å²) in [6, 6.07) is 5.72. The molecule has 2 aromatic heterocycles. The molecule has 44 heavy (non-hydrogen) atoms. The molecule has 2 heterocycles. The molecule has 3 atom stereocenters. The predicted molar refractivity (Wildman–Crippen MR) is 152 cm³/mol. The number of amides is 1. The molecule has 1 amide bonds. The Hall–Kier alpha value is -3.44. The van der Waals surface area contributed by atoms with Crippen molar-refractivity contribution in [3.05, 3.63) is 71.9 Å². The Morgan fingerprint density at radius 2 is 1.93 bits per heavy atom. The number of hydrogen-bond acceptors (Lipinski definition) is 10. The number of nitrogens with one attached hydrogen (secondary N) is 1. The molecule has 0 radical (unpaired) electrons. The van der Waals surface area contributed by atoms with Gasteiger partial charge in [0.25, 0.3) is 6.33 Å². The van der Waals surface area contributed by atoms with Crippen LogP contribution >= 0.6 is 12.4 Å². The molecule has 0 aliphatic rings. The monoisotopic (exact) mass is 682 g/mol. The number of anilines is 1. The van der Waals surface area contributed by atoms with Gasteiger partial charge >= 0.3 is 12.1 Å². The highest BCUT2D eigenvalue weighted by atomic mass is 35.5. The van der Waals surface area contributed by atoms with Gasteiger partial charge in [0.05, 0.1) is 11.8 Å². The highest BCUT2D eigenvalue weighted by molar-refractivity contribution is 7.91. The van der Waals surface area contributed by atoms with Crippen LogP contribution in [-0.2, 0) is 42.9 Å². The molecule has 0 bridgehead atoms. The zero-order valence-corrected chi connectivity index (χ0v) is 26.9. The van der Waals surface area contributed by atoms with Crippen LogP contribution < -0.4 is 27.2 Å². The van der Waals surface area contributed by atoms with Crippen LogP contribution in [0.4, 0.5) is 19.4 Å². The van der Waals surface area contributed by atoms with Gasteiger partial charge in [-0.3, -0.25) is 9.69 Å². The lowest BCUT2D eigenvalue weighted by Crippen LogP contribution is -3.00. The first-order chi connectivity index (χ1) is 19.7. The number of halogens is 4. The maximum atomic E-state index is 14.7. The Labute approximate surface area is 265 Å². The largest absolute Gasteiger partial charge is 1.00 e. The van der Waals surface area contributed by atoms with Gasteiger partial charge in [0.15, 0.2) is 9.84 Å². The van der Waals surface area contributed by atoms with E-state index in [4.69, 9.17) is 9.47 Å². The summed E-state index contributed by atoms with van der Waals surface area (Å²) in [6.45, 7) is 2.10. The molecule has 18 heteroatoms. The van der Waals surface area contributed by atoms with Gasteiger partial charge in [-0.2, -0.15) is 4.57 Å². The third kappa shape index (κ3) is 9.28. The number of carbonyl (C=O) groups excluding carboxylic acids is 2. The topological polar surface area (TPSA) is 157 Å². The lowest BCUT2D eigenvalue weighted by molar-refractivity contribution is -0.753. The Balaban J connectivity index is 0.00000484. The van der Waals surface area contributed by atoms with Crippen LogP contribution in [0.25, 0.3) is 0 Å². The van der Waals surface area contributed by atoms with Crippen molar-refractivity contribution in [2.45, 2.75) is 44.1 Å². The third-order valence-corrected chi connectivity index (χ3v) is 8.25. The molecule has 0 aliphatic heterocycles. The molecule has 2 N–H and O–H groups in total. The van der Waals surface area contributed by atoms with E-state index in [1.54, 1.807) is 19.2 Å². The lowest BCUT2D eigenvalue weighted by atomic mass is 9.90. The summed E-state index contributed by atoms with van der Waals surface area (Å²) in [5, 5.41) is 16.8. The molecule has 0 aliphatic carbocycles. The van der Waals surface area contributed by atoms with Crippen molar-refractivity contribution in [2.75, 3.05) is 31.8 Å². The summed E-state index contributed by atoms with van der Waals surface area (Å²) in [7, 11) is -0.875. The summed E-state index contributed by atoms with van der Waals surface area (Å²) in [4.78, 5) is 30.0. The number of carbonyl (C=O) groups is 2. The summed E-state index contributed by atoms with van der Waals surface area (Å²) in [5.74, 6) is -2.30. The number of hydrogen-bond donors (Lipinski definition) is 2. The lowest BCUT2D eigenvalue weighted by Gasteiger charge is -2.31. The Kier molecular flexibility index (Phi) is 14.1. The molecular weight excluding hydrogens is 649 g/mol. The average molecular weight is 684 g/mol. The first-order valence-corrected chi connectivity index (χ1v) is 14.6. The van der Waals surface area contributed by atoms with Crippen molar-refractivity contribution in [1.82, 2.24) is 20.1 Å². The van der Waals surface area contributed by atoms with Crippen LogP contribution in [-0.4, -0.2) is 72.5 Å². The molecule has 0 fully saturated rings. The predicted octanol–water partition coefficient (Wildman–Crippen LogP) is -1.36. The summed E-state index contributed by atoms with van der Waals surface area (Å²) in [5.41, 5.74) is -2.30. The number of sulfone groups is 1. The van der Waals surface area contributed by atoms with E-state index in [1.807, 2.05) is 0 Å². The van der Waals surface area contributed by atoms with Gasteiger partial charge in [0.2, 0.25) is 12.6 Å². The van der Waals surface area contributed by atoms with Crippen molar-refractivity contribution in [3.63, 3.8) is 0 Å². The molecule has 13 nitrogen and oxygen atoms in total. The molecule has 244 valence electrons. The van der Waals surface area contributed by atoms with Crippen LogP contribution in [0.2, 0.25) is 0 Å². The molecular formula is C26H34Cl2F2N6O7S. The van der Waals surface area contributed by atoms with E-state index in [2.05, 4.69) is 15.4 Å². The fourth-order valence-corrected chi connectivity index (χ4v) is 4.96. The van der Waals surface area contributed by atoms with Crippen molar-refractivity contribution < 1.29 is 58.3 Å². The van der Waals surface area contributed by atoms with E-state index in [0.29, 0.717) is 11.6 Å². The van der Waals surface area contributed by atoms with Crippen LogP contribution in [0.5, 0.6) is 0 Å². The van der Waals surface area contributed by atoms with Gasteiger partial charge in [-0.25, -0.2) is 27.0 Å². The first kappa shape index (κ1) is 38.6. The number of likely N-dealkylation sites (N-methyl/N-ethyl adjacent to an activating group) is 1. The molecule has 3 unspecified atom stereocenters. The second kappa shape index (κ2) is 16.0. The average Bonchev–Trinajstić information content (AvgIpc) is 3.39. The standard InChI is InChI=1S/C26H33F2N6O7S.2ClH/c1-17(42(5,38)39)26(37,21-9-8-20(27)11-22(21)28)14-34-16-33(15-31-34)18(2)41-25(36)32(4)24-19(7-6-10-30-24)13-40-23(35)12-29-3;;/h6-11,15-18,29,37H,12-14H2,1-5H3;2*1H/q+1;;/p-1. The zero-order valence-electron chi connectivity index (χ0n) is 24.5.